The second kappa shape index (κ2) is 1.50. The highest BCUT2D eigenvalue weighted by Gasteiger charge is 2.46. The van der Waals surface area contributed by atoms with E-state index in [-0.39, 0.29) is 5.54 Å². The summed E-state index contributed by atoms with van der Waals surface area (Å²) in [5.41, 5.74) is 12.0. The fourth-order valence-corrected chi connectivity index (χ4v) is 2.39. The van der Waals surface area contributed by atoms with Crippen LogP contribution in [0.3, 0.4) is 0 Å². The number of fused-ring (bicyclic) bond motifs is 2. The summed E-state index contributed by atoms with van der Waals surface area (Å²) in [4.78, 5) is 0. The molecule has 0 radical (unpaired) electrons. The molecule has 0 aromatic carbocycles. The maximum absolute atomic E-state index is 6.01. The standard InChI is InChI=1S/C7H14N2/c8-6-4-7(9)2-1-5(6)3-7/h5-6H,1-4,8-9H2/t5-,6-,7-/m1/s1. The van der Waals surface area contributed by atoms with Gasteiger partial charge >= 0.3 is 0 Å². The van der Waals surface area contributed by atoms with Gasteiger partial charge in [0.1, 0.15) is 0 Å². The molecule has 0 unspecified atom stereocenters. The molecule has 4 N–H and O–H groups in total. The summed E-state index contributed by atoms with van der Waals surface area (Å²) in [6.45, 7) is 0. The Morgan fingerprint density at radius 1 is 1.33 bits per heavy atom. The smallest absolute Gasteiger partial charge is 0.0172 e. The van der Waals surface area contributed by atoms with E-state index in [1.54, 1.807) is 0 Å². The molecule has 2 nitrogen and oxygen atoms in total. The average Bonchev–Trinajstić information content (AvgIpc) is 2.20. The SMILES string of the molecule is N[C@@H]1C[C@@]2(N)CC[C@@H]1C2. The van der Waals surface area contributed by atoms with Crippen molar-refractivity contribution in [1.82, 2.24) is 0 Å². The van der Waals surface area contributed by atoms with Gasteiger partial charge < -0.3 is 11.5 Å². The Hall–Kier alpha value is -0.0800. The Morgan fingerprint density at radius 2 is 2.11 bits per heavy atom. The summed E-state index contributed by atoms with van der Waals surface area (Å²) in [5.74, 6) is 0.759. The molecular formula is C7H14N2. The number of rotatable bonds is 0. The van der Waals surface area contributed by atoms with Crippen molar-refractivity contribution < 1.29 is 0 Å². The monoisotopic (exact) mass is 126 g/mol. The van der Waals surface area contributed by atoms with E-state index in [2.05, 4.69) is 0 Å². The number of hydrogen-bond acceptors (Lipinski definition) is 2. The summed E-state index contributed by atoms with van der Waals surface area (Å²) in [6.07, 6.45) is 4.74. The molecule has 0 aromatic rings. The summed E-state index contributed by atoms with van der Waals surface area (Å²) < 4.78 is 0. The molecule has 52 valence electrons. The van der Waals surface area contributed by atoms with E-state index in [1.807, 2.05) is 0 Å². The summed E-state index contributed by atoms with van der Waals surface area (Å²) >= 11 is 0. The van der Waals surface area contributed by atoms with Gasteiger partial charge in [-0.2, -0.15) is 0 Å². The molecule has 2 rings (SSSR count). The molecule has 2 fully saturated rings. The molecule has 2 heteroatoms. The van der Waals surface area contributed by atoms with Crippen LogP contribution in [0.25, 0.3) is 0 Å². The lowest BCUT2D eigenvalue weighted by molar-refractivity contribution is 0.380. The largest absolute Gasteiger partial charge is 0.327 e. The first-order chi connectivity index (χ1) is 4.20. The lowest BCUT2D eigenvalue weighted by atomic mass is 9.92. The molecule has 0 heterocycles. The number of nitrogens with two attached hydrogens (primary N) is 2. The van der Waals surface area contributed by atoms with Crippen molar-refractivity contribution in [3.8, 4) is 0 Å². The zero-order valence-electron chi connectivity index (χ0n) is 5.64. The highest BCUT2D eigenvalue weighted by Crippen LogP contribution is 2.44. The second-order valence-corrected chi connectivity index (χ2v) is 3.73. The van der Waals surface area contributed by atoms with E-state index in [0.29, 0.717) is 6.04 Å². The van der Waals surface area contributed by atoms with Gasteiger partial charge in [-0.25, -0.2) is 0 Å². The van der Waals surface area contributed by atoms with Gasteiger partial charge in [-0.15, -0.1) is 0 Å². The van der Waals surface area contributed by atoms with Crippen molar-refractivity contribution >= 4 is 0 Å². The molecule has 2 saturated carbocycles. The fourth-order valence-electron chi connectivity index (χ4n) is 2.39. The maximum Gasteiger partial charge on any atom is 0.0172 e. The normalized spacial score (nSPS) is 56.7. The number of hydrogen-bond donors (Lipinski definition) is 2. The van der Waals surface area contributed by atoms with E-state index >= 15 is 0 Å². The van der Waals surface area contributed by atoms with Gasteiger partial charge in [0.25, 0.3) is 0 Å². The van der Waals surface area contributed by atoms with Crippen molar-refractivity contribution in [2.24, 2.45) is 17.4 Å². The van der Waals surface area contributed by atoms with Gasteiger partial charge in [0.05, 0.1) is 0 Å². The van der Waals surface area contributed by atoms with Crippen LogP contribution >= 0.6 is 0 Å². The summed E-state index contributed by atoms with van der Waals surface area (Å²) in [5, 5.41) is 0. The molecule has 0 spiro atoms. The third kappa shape index (κ3) is 0.700. The molecule has 0 aliphatic heterocycles. The van der Waals surface area contributed by atoms with Crippen molar-refractivity contribution in [1.29, 1.82) is 0 Å². The Kier molecular flexibility index (Phi) is 0.945. The highest BCUT2D eigenvalue weighted by molar-refractivity contribution is 5.05. The van der Waals surface area contributed by atoms with Crippen molar-refractivity contribution in [2.75, 3.05) is 0 Å². The average molecular weight is 126 g/mol. The minimum Gasteiger partial charge on any atom is -0.327 e. The van der Waals surface area contributed by atoms with E-state index in [9.17, 15) is 0 Å². The van der Waals surface area contributed by atoms with Crippen LogP contribution in [0.5, 0.6) is 0 Å². The van der Waals surface area contributed by atoms with Gasteiger partial charge in [-0.1, -0.05) is 0 Å². The Morgan fingerprint density at radius 3 is 2.33 bits per heavy atom. The lowest BCUT2D eigenvalue weighted by Crippen LogP contribution is -2.39. The first kappa shape index (κ1) is 5.69. The predicted molar refractivity (Wildman–Crippen MR) is 36.9 cm³/mol. The Bertz CT molecular complexity index is 131. The second-order valence-electron chi connectivity index (χ2n) is 3.73. The van der Waals surface area contributed by atoms with Gasteiger partial charge in [0.2, 0.25) is 0 Å². The lowest BCUT2D eigenvalue weighted by Gasteiger charge is -2.23. The topological polar surface area (TPSA) is 52.0 Å². The molecular weight excluding hydrogens is 112 g/mol. The van der Waals surface area contributed by atoms with E-state index < -0.39 is 0 Å². The third-order valence-corrected chi connectivity index (χ3v) is 2.93. The molecule has 2 aliphatic carbocycles. The third-order valence-electron chi connectivity index (χ3n) is 2.93. The molecule has 0 aromatic heterocycles. The van der Waals surface area contributed by atoms with E-state index in [1.165, 1.54) is 19.3 Å². The minimum absolute atomic E-state index is 0.157. The van der Waals surface area contributed by atoms with E-state index in [0.717, 1.165) is 12.3 Å². The molecule has 2 aliphatic rings. The van der Waals surface area contributed by atoms with Crippen molar-refractivity contribution in [3.63, 3.8) is 0 Å². The molecule has 2 bridgehead atoms. The molecule has 0 saturated heterocycles. The molecule has 9 heavy (non-hydrogen) atoms. The van der Waals surface area contributed by atoms with E-state index in [4.69, 9.17) is 11.5 Å². The van der Waals surface area contributed by atoms with Gasteiger partial charge in [-0.05, 0) is 31.6 Å². The zero-order chi connectivity index (χ0) is 6.48. The fraction of sp³-hybridized carbons (Fsp3) is 1.00. The maximum atomic E-state index is 6.01. The van der Waals surface area contributed by atoms with Crippen LogP contribution in [0, 0.1) is 5.92 Å². The Balaban J connectivity index is 2.19. The molecule has 0 amide bonds. The van der Waals surface area contributed by atoms with Gasteiger partial charge in [0, 0.05) is 11.6 Å². The van der Waals surface area contributed by atoms with Crippen LogP contribution in [0.1, 0.15) is 25.7 Å². The van der Waals surface area contributed by atoms with Crippen LogP contribution in [-0.2, 0) is 0 Å². The Labute approximate surface area is 55.6 Å². The first-order valence-corrected chi connectivity index (χ1v) is 3.74. The van der Waals surface area contributed by atoms with Crippen molar-refractivity contribution in [2.45, 2.75) is 37.3 Å². The summed E-state index contributed by atoms with van der Waals surface area (Å²) in [7, 11) is 0. The van der Waals surface area contributed by atoms with Crippen LogP contribution in [-0.4, -0.2) is 11.6 Å². The first-order valence-electron chi connectivity index (χ1n) is 3.74. The quantitative estimate of drug-likeness (QED) is 0.487. The van der Waals surface area contributed by atoms with Crippen LogP contribution in [0.4, 0.5) is 0 Å². The minimum atomic E-state index is 0.157. The van der Waals surface area contributed by atoms with Crippen LogP contribution in [0.15, 0.2) is 0 Å². The molecule has 3 atom stereocenters. The highest BCUT2D eigenvalue weighted by atomic mass is 14.9. The predicted octanol–water partition coefficient (Wildman–Crippen LogP) is 0.215. The zero-order valence-corrected chi connectivity index (χ0v) is 5.64. The van der Waals surface area contributed by atoms with Crippen molar-refractivity contribution in [3.05, 3.63) is 0 Å². The van der Waals surface area contributed by atoms with Crippen LogP contribution in [0.2, 0.25) is 0 Å². The van der Waals surface area contributed by atoms with Gasteiger partial charge in [-0.3, -0.25) is 0 Å². The summed E-state index contributed by atoms with van der Waals surface area (Å²) in [6, 6.07) is 0.420. The van der Waals surface area contributed by atoms with Gasteiger partial charge in [0.15, 0.2) is 0 Å². The van der Waals surface area contributed by atoms with Crippen LogP contribution < -0.4 is 11.5 Å².